The lowest BCUT2D eigenvalue weighted by molar-refractivity contribution is -0.114. The van der Waals surface area contributed by atoms with Crippen LogP contribution in [0.2, 0.25) is 0 Å². The highest BCUT2D eigenvalue weighted by Gasteiger charge is 2.23. The molecule has 1 aromatic heterocycles. The largest absolute Gasteiger partial charge is 0.436 e. The van der Waals surface area contributed by atoms with Crippen molar-refractivity contribution in [2.24, 2.45) is 5.73 Å². The highest BCUT2D eigenvalue weighted by molar-refractivity contribution is 7.99. The number of ether oxygens (including phenoxy) is 1. The molecular weight excluding hydrogens is 438 g/mol. The number of benzene rings is 2. The van der Waals surface area contributed by atoms with Gasteiger partial charge in [0.25, 0.3) is 5.88 Å². The number of anilines is 3. The monoisotopic (exact) mass is 465 g/mol. The predicted molar refractivity (Wildman–Crippen MR) is 131 cm³/mol. The van der Waals surface area contributed by atoms with Gasteiger partial charge in [-0.15, -0.1) is 0 Å². The molecule has 0 bridgehead atoms. The number of rotatable bonds is 7. The van der Waals surface area contributed by atoms with Gasteiger partial charge in [0.05, 0.1) is 6.54 Å². The molecule has 2 aromatic carbocycles. The first-order chi connectivity index (χ1) is 16.0. The van der Waals surface area contributed by atoms with Crippen LogP contribution in [-0.4, -0.2) is 60.5 Å². The van der Waals surface area contributed by atoms with Crippen LogP contribution in [-0.2, 0) is 4.79 Å². The molecular formula is C23H27N7O2S. The Kier molecular flexibility index (Phi) is 7.28. The predicted octanol–water partition coefficient (Wildman–Crippen LogP) is 2.65. The molecule has 172 valence electrons. The fourth-order valence-corrected chi connectivity index (χ4v) is 4.17. The number of nitrogens with one attached hydrogen (secondary N) is 1. The molecule has 0 saturated carbocycles. The van der Waals surface area contributed by atoms with Crippen LogP contribution in [0.3, 0.4) is 0 Å². The quantitative estimate of drug-likeness (QED) is 0.483. The summed E-state index contributed by atoms with van der Waals surface area (Å²) in [6, 6.07) is 16.9. The van der Waals surface area contributed by atoms with E-state index in [9.17, 15) is 4.79 Å². The Hall–Kier alpha value is -3.34. The molecule has 5 N–H and O–H groups in total. The van der Waals surface area contributed by atoms with E-state index in [4.69, 9.17) is 21.2 Å². The molecule has 1 aliphatic heterocycles. The Bertz CT molecular complexity index is 1110. The van der Waals surface area contributed by atoms with Gasteiger partial charge in [0, 0.05) is 36.8 Å². The molecule has 1 aliphatic rings. The van der Waals surface area contributed by atoms with E-state index in [2.05, 4.69) is 27.1 Å². The van der Waals surface area contributed by atoms with Crippen LogP contribution in [0, 0.1) is 0 Å². The van der Waals surface area contributed by atoms with Gasteiger partial charge in [-0.25, -0.2) is 4.98 Å². The van der Waals surface area contributed by atoms with Gasteiger partial charge >= 0.3 is 0 Å². The molecule has 33 heavy (non-hydrogen) atoms. The number of carbonyl (C=O) groups is 1. The molecule has 0 unspecified atom stereocenters. The van der Waals surface area contributed by atoms with Crippen LogP contribution < -0.4 is 26.4 Å². The van der Waals surface area contributed by atoms with Gasteiger partial charge < -0.3 is 31.3 Å². The minimum Gasteiger partial charge on any atom is -0.436 e. The first kappa shape index (κ1) is 22.8. The van der Waals surface area contributed by atoms with Crippen LogP contribution in [0.1, 0.15) is 0 Å². The Morgan fingerprint density at radius 1 is 1.09 bits per heavy atom. The average Bonchev–Trinajstić information content (AvgIpc) is 2.82. The van der Waals surface area contributed by atoms with Crippen molar-refractivity contribution in [2.45, 2.75) is 9.92 Å². The van der Waals surface area contributed by atoms with Gasteiger partial charge in [-0.2, -0.15) is 4.98 Å². The maximum absolute atomic E-state index is 11.6. The van der Waals surface area contributed by atoms with Crippen LogP contribution in [0.5, 0.6) is 11.6 Å². The Morgan fingerprint density at radius 2 is 1.85 bits per heavy atom. The number of nitrogen functional groups attached to an aromatic ring is 1. The number of piperazine rings is 1. The molecule has 1 fully saturated rings. The maximum atomic E-state index is 11.6. The number of para-hydroxylation sites is 1. The highest BCUT2D eigenvalue weighted by Crippen LogP contribution is 2.37. The van der Waals surface area contributed by atoms with Crippen molar-refractivity contribution in [3.8, 4) is 11.6 Å². The molecule has 0 spiro atoms. The lowest BCUT2D eigenvalue weighted by atomic mass is 10.3. The number of carbonyl (C=O) groups excluding carboxylic acids is 1. The zero-order chi connectivity index (χ0) is 23.2. The lowest BCUT2D eigenvalue weighted by Crippen LogP contribution is -2.45. The third-order valence-electron chi connectivity index (χ3n) is 5.12. The van der Waals surface area contributed by atoms with E-state index in [1.807, 2.05) is 48.5 Å². The van der Waals surface area contributed by atoms with Gasteiger partial charge in [0.2, 0.25) is 5.91 Å². The highest BCUT2D eigenvalue weighted by atomic mass is 32.2. The van der Waals surface area contributed by atoms with E-state index in [0.29, 0.717) is 34.0 Å². The number of hydrogen-bond acceptors (Lipinski definition) is 9. The number of aromatic nitrogens is 2. The molecule has 10 heteroatoms. The zero-order valence-corrected chi connectivity index (χ0v) is 19.2. The molecule has 2 heterocycles. The number of likely N-dealkylation sites (N-methyl/N-ethyl adjacent to an activating group) is 1. The first-order valence-electron chi connectivity index (χ1n) is 10.6. The Morgan fingerprint density at radius 3 is 2.58 bits per heavy atom. The molecule has 4 rings (SSSR count). The van der Waals surface area contributed by atoms with Crippen LogP contribution in [0.4, 0.5) is 17.3 Å². The van der Waals surface area contributed by atoms with Gasteiger partial charge in [-0.05, 0) is 37.4 Å². The molecule has 0 radical (unpaired) electrons. The van der Waals surface area contributed by atoms with Crippen molar-refractivity contribution in [3.63, 3.8) is 0 Å². The van der Waals surface area contributed by atoms with Crippen LogP contribution >= 0.6 is 11.8 Å². The molecule has 1 amide bonds. The summed E-state index contributed by atoms with van der Waals surface area (Å²) in [4.78, 5) is 26.3. The fraction of sp³-hybridized carbons (Fsp3) is 0.261. The Labute approximate surface area is 197 Å². The van der Waals surface area contributed by atoms with Crippen molar-refractivity contribution in [2.75, 3.05) is 55.7 Å². The summed E-state index contributed by atoms with van der Waals surface area (Å²) in [6.07, 6.45) is 0. The smallest absolute Gasteiger partial charge is 0.264 e. The van der Waals surface area contributed by atoms with Crippen molar-refractivity contribution < 1.29 is 9.53 Å². The summed E-state index contributed by atoms with van der Waals surface area (Å²) in [7, 11) is 2.10. The van der Waals surface area contributed by atoms with E-state index in [0.717, 1.165) is 31.1 Å². The second-order valence-corrected chi connectivity index (χ2v) is 8.69. The minimum atomic E-state index is -0.258. The average molecular weight is 466 g/mol. The topological polar surface area (TPSA) is 123 Å². The second kappa shape index (κ2) is 10.5. The van der Waals surface area contributed by atoms with Crippen molar-refractivity contribution >= 4 is 35.0 Å². The summed E-state index contributed by atoms with van der Waals surface area (Å²) in [5.74, 6) is 1.79. The lowest BCUT2D eigenvalue weighted by Gasteiger charge is -2.33. The van der Waals surface area contributed by atoms with Gasteiger partial charge in [-0.3, -0.25) is 4.79 Å². The third-order valence-corrected chi connectivity index (χ3v) is 6.10. The van der Waals surface area contributed by atoms with Crippen LogP contribution in [0.15, 0.2) is 64.5 Å². The van der Waals surface area contributed by atoms with Crippen LogP contribution in [0.25, 0.3) is 0 Å². The van der Waals surface area contributed by atoms with Gasteiger partial charge in [-0.1, -0.05) is 36.0 Å². The molecule has 0 atom stereocenters. The zero-order valence-electron chi connectivity index (χ0n) is 18.4. The van der Waals surface area contributed by atoms with Gasteiger partial charge in [0.15, 0.2) is 11.6 Å². The molecule has 0 aliphatic carbocycles. The standard InChI is InChI=1S/C23H27N7O2S/c1-29-10-12-30(13-11-29)21-22(32-17-7-3-2-4-8-17)28-23(20(25)27-21)33-18-9-5-6-16(14-18)26-19(31)15-24/h2-9,14H,10-13,15,24H2,1H3,(H2,25,27)(H,26,31). The van der Waals surface area contributed by atoms with Crippen molar-refractivity contribution in [3.05, 3.63) is 54.6 Å². The van der Waals surface area contributed by atoms with E-state index in [1.54, 1.807) is 6.07 Å². The number of nitrogens with zero attached hydrogens (tertiary/aromatic N) is 4. The van der Waals surface area contributed by atoms with E-state index in [1.165, 1.54) is 11.8 Å². The SMILES string of the molecule is CN1CCN(c2nc(N)c(Sc3cccc(NC(=O)CN)c3)nc2Oc2ccccc2)CC1. The molecule has 1 saturated heterocycles. The maximum Gasteiger partial charge on any atom is 0.264 e. The third kappa shape index (κ3) is 5.92. The minimum absolute atomic E-state index is 0.0796. The molecule has 3 aromatic rings. The summed E-state index contributed by atoms with van der Waals surface area (Å²) < 4.78 is 6.15. The summed E-state index contributed by atoms with van der Waals surface area (Å²) in [6.45, 7) is 3.38. The number of amides is 1. The number of hydrogen-bond donors (Lipinski definition) is 3. The van der Waals surface area contributed by atoms with Gasteiger partial charge in [0.1, 0.15) is 10.8 Å². The normalized spacial score (nSPS) is 14.2. The second-order valence-electron chi connectivity index (χ2n) is 7.63. The summed E-state index contributed by atoms with van der Waals surface area (Å²) >= 11 is 1.36. The first-order valence-corrected chi connectivity index (χ1v) is 11.4. The van der Waals surface area contributed by atoms with E-state index < -0.39 is 0 Å². The van der Waals surface area contributed by atoms with Crippen molar-refractivity contribution in [1.29, 1.82) is 0 Å². The number of nitrogens with two attached hydrogens (primary N) is 2. The fourth-order valence-electron chi connectivity index (χ4n) is 3.34. The van der Waals surface area contributed by atoms with E-state index >= 15 is 0 Å². The summed E-state index contributed by atoms with van der Waals surface area (Å²) in [5.41, 5.74) is 12.4. The molecule has 9 nitrogen and oxygen atoms in total. The Balaban J connectivity index is 1.64. The van der Waals surface area contributed by atoms with Crippen molar-refractivity contribution in [1.82, 2.24) is 14.9 Å². The van der Waals surface area contributed by atoms with E-state index in [-0.39, 0.29) is 12.5 Å². The summed E-state index contributed by atoms with van der Waals surface area (Å²) in [5, 5.41) is 3.28.